The Morgan fingerprint density at radius 3 is 2.02 bits per heavy atom. The molecule has 0 radical (unpaired) electrons. The molecular weight excluding hydrogens is 863 g/mol. The molecule has 0 N–H and O–H groups in total. The van der Waals surface area contributed by atoms with Crippen molar-refractivity contribution in [3.8, 4) is 0 Å². The Kier molecular flexibility index (Phi) is 17.2. The number of hydrogen-bond donors (Lipinski definition) is 0. The molecule has 4 aromatic carbocycles. The summed E-state index contributed by atoms with van der Waals surface area (Å²) in [7, 11) is 0. The lowest BCUT2D eigenvalue weighted by Crippen LogP contribution is -2.37. The Morgan fingerprint density at radius 1 is 0.733 bits per heavy atom. The molecule has 6 rings (SSSR count). The van der Waals surface area contributed by atoms with E-state index < -0.39 is 0 Å². The van der Waals surface area contributed by atoms with Crippen molar-refractivity contribution in [2.45, 2.75) is 162 Å². The van der Waals surface area contributed by atoms with Gasteiger partial charge >= 0.3 is 0 Å². The lowest BCUT2D eigenvalue weighted by molar-refractivity contribution is 0.407. The van der Waals surface area contributed by atoms with Crippen molar-refractivity contribution in [1.82, 2.24) is 0 Å². The third-order valence-corrected chi connectivity index (χ3v) is 14.8. The van der Waals surface area contributed by atoms with Gasteiger partial charge in [-0.2, -0.15) is 0 Å². The first kappa shape index (κ1) is 46.4. The van der Waals surface area contributed by atoms with Crippen LogP contribution in [0.25, 0.3) is 21.5 Å². The molecule has 4 heteroatoms. The lowest BCUT2D eigenvalue weighted by atomic mass is 9.67. The molecule has 0 atom stereocenters. The van der Waals surface area contributed by atoms with Gasteiger partial charge in [-0.1, -0.05) is 177 Å². The number of unbranched alkanes of at least 4 members (excludes halogenated alkanes) is 4. The fourth-order valence-corrected chi connectivity index (χ4v) is 11.7. The van der Waals surface area contributed by atoms with Crippen molar-refractivity contribution in [2.75, 3.05) is 18.0 Å². The van der Waals surface area contributed by atoms with Crippen LogP contribution in [0, 0.1) is 3.57 Å². The molecule has 0 spiro atoms. The zero-order valence-electron chi connectivity index (χ0n) is 37.8. The number of anilines is 1. The van der Waals surface area contributed by atoms with Gasteiger partial charge in [0.05, 0.1) is 0 Å². The predicted octanol–water partition coefficient (Wildman–Crippen LogP) is 17.7. The lowest BCUT2D eigenvalue weighted by Gasteiger charge is -2.37. The Balaban J connectivity index is 1.48. The average molecular weight is 936 g/mol. The van der Waals surface area contributed by atoms with Gasteiger partial charge in [0.15, 0.2) is 0 Å². The smallest absolute Gasteiger partial charge is 0.0470 e. The Labute approximate surface area is 382 Å². The van der Waals surface area contributed by atoms with Gasteiger partial charge in [0.1, 0.15) is 0 Å². The molecule has 0 unspecified atom stereocenters. The van der Waals surface area contributed by atoms with Crippen LogP contribution in [0.1, 0.15) is 162 Å². The Bertz CT molecular complexity index is 2200. The van der Waals surface area contributed by atoms with E-state index in [1.54, 1.807) is 5.56 Å². The third-order valence-electron chi connectivity index (χ3n) is 13.4. The molecule has 60 heavy (non-hydrogen) atoms. The van der Waals surface area contributed by atoms with Gasteiger partial charge in [0.25, 0.3) is 0 Å². The molecule has 0 bridgehead atoms. The monoisotopic (exact) mass is 934 g/mol. The number of halogens is 2. The van der Waals surface area contributed by atoms with Crippen LogP contribution in [0.4, 0.5) is 5.69 Å². The number of hydrogen-bond acceptors (Lipinski definition) is 2. The molecule has 2 nitrogen and oxygen atoms in total. The number of aliphatic imine (C=N–C) groups is 1. The summed E-state index contributed by atoms with van der Waals surface area (Å²) >= 11 is 10.2. The zero-order valence-corrected chi connectivity index (χ0v) is 40.7. The van der Waals surface area contributed by atoms with Crippen molar-refractivity contribution < 1.29 is 0 Å². The van der Waals surface area contributed by atoms with E-state index in [1.807, 2.05) is 0 Å². The second-order valence-electron chi connectivity index (χ2n) is 17.6. The minimum absolute atomic E-state index is 0.0217. The average Bonchev–Trinajstić information content (AvgIpc) is 3.53. The summed E-state index contributed by atoms with van der Waals surface area (Å²) in [6, 6.07) is 27.5. The Hall–Kier alpha value is -3.15. The summed E-state index contributed by atoms with van der Waals surface area (Å²) in [5.41, 5.74) is 9.47. The summed E-state index contributed by atoms with van der Waals surface area (Å²) in [6.45, 7) is 15.8. The fourth-order valence-electron chi connectivity index (χ4n) is 10.4. The molecule has 0 saturated heterocycles. The quantitative estimate of drug-likeness (QED) is 0.0600. The van der Waals surface area contributed by atoms with E-state index in [2.05, 4.69) is 166 Å². The molecule has 0 aromatic heterocycles. The summed E-state index contributed by atoms with van der Waals surface area (Å²) in [6.07, 6.45) is 28.9. The molecule has 0 saturated carbocycles. The van der Waals surface area contributed by atoms with Crippen molar-refractivity contribution in [2.24, 2.45) is 4.99 Å². The minimum Gasteiger partial charge on any atom is -0.344 e. The molecule has 1 aliphatic heterocycles. The highest BCUT2D eigenvalue weighted by atomic mass is 127. The normalized spacial score (nSPS) is 17.3. The van der Waals surface area contributed by atoms with E-state index in [4.69, 9.17) is 16.6 Å². The maximum absolute atomic E-state index is 7.60. The van der Waals surface area contributed by atoms with Crippen molar-refractivity contribution in [3.63, 3.8) is 0 Å². The number of benzene rings is 4. The van der Waals surface area contributed by atoms with Crippen LogP contribution in [-0.2, 0) is 10.8 Å². The second-order valence-corrected chi connectivity index (χ2v) is 19.1. The van der Waals surface area contributed by atoms with Crippen molar-refractivity contribution in [1.29, 1.82) is 0 Å². The predicted molar refractivity (Wildman–Crippen MR) is 274 cm³/mol. The van der Waals surface area contributed by atoms with E-state index in [1.165, 1.54) is 110 Å². The molecule has 2 aliphatic rings. The number of fused-ring (bicyclic) bond motifs is 4. The topological polar surface area (TPSA) is 15.6 Å². The molecule has 0 amide bonds. The highest BCUT2D eigenvalue weighted by Gasteiger charge is 2.47. The van der Waals surface area contributed by atoms with Crippen LogP contribution < -0.4 is 4.90 Å². The molecule has 1 aliphatic carbocycles. The van der Waals surface area contributed by atoms with E-state index in [0.717, 1.165) is 75.9 Å². The van der Waals surface area contributed by atoms with E-state index >= 15 is 0 Å². The largest absolute Gasteiger partial charge is 0.344 e. The van der Waals surface area contributed by atoms with Gasteiger partial charge in [-0.05, 0) is 148 Å². The van der Waals surface area contributed by atoms with Crippen LogP contribution in [0.15, 0.2) is 124 Å². The van der Waals surface area contributed by atoms with Crippen LogP contribution >= 0.6 is 34.2 Å². The van der Waals surface area contributed by atoms with Crippen molar-refractivity contribution >= 4 is 67.1 Å². The SMILES string of the molecule is CCCCC(CCCC)(C(/C=C/C1=C(Cl)C(=C/C=C2\N(CCC)c3ccc4ccccc4c3C2(CCCC)CCCC)/CCC1)=NCCC)c1c(I)ccc2ccccc12. The molecular formula is C56H72ClIN2. The van der Waals surface area contributed by atoms with Gasteiger partial charge in [-0.25, -0.2) is 0 Å². The highest BCUT2D eigenvalue weighted by Crippen LogP contribution is 2.56. The summed E-state index contributed by atoms with van der Waals surface area (Å²) in [4.78, 5) is 8.21. The van der Waals surface area contributed by atoms with E-state index in [9.17, 15) is 0 Å². The first-order valence-corrected chi connectivity index (χ1v) is 25.3. The molecule has 0 fully saturated rings. The van der Waals surface area contributed by atoms with Gasteiger partial charge < -0.3 is 4.90 Å². The number of allylic oxidation sites excluding steroid dienone is 8. The number of nitrogens with zero attached hydrogens (tertiary/aromatic N) is 2. The standard InChI is InChI=1S/C56H72ClIN2/c1-7-13-36-55(37-14-8-2,52-46-26-19-17-22-42(46)28-32-48(52)58)50(59-40-11-5)34-30-44-24-21-25-45(54(44)57)31-35-51-56(38-15-9-3,39-16-10-4)53-47-27-20-18-23-43(47)29-33-49(53)60(51)41-12-6/h17-20,22-23,26-35H,7-16,21,24-25,36-41H2,1-6H3/b34-30+,45-31+,51-35-,59-50?. The van der Waals surface area contributed by atoms with Gasteiger partial charge in [0.2, 0.25) is 0 Å². The van der Waals surface area contributed by atoms with Crippen LogP contribution in [0.2, 0.25) is 0 Å². The van der Waals surface area contributed by atoms with E-state index in [0.29, 0.717) is 0 Å². The summed E-state index contributed by atoms with van der Waals surface area (Å²) < 4.78 is 1.34. The highest BCUT2D eigenvalue weighted by molar-refractivity contribution is 14.1. The van der Waals surface area contributed by atoms with E-state index in [-0.39, 0.29) is 10.8 Å². The van der Waals surface area contributed by atoms with Gasteiger partial charge in [-0.3, -0.25) is 4.99 Å². The molecule has 1 heterocycles. The first-order chi connectivity index (χ1) is 29.3. The van der Waals surface area contributed by atoms with Crippen LogP contribution in [0.5, 0.6) is 0 Å². The van der Waals surface area contributed by atoms with Crippen molar-refractivity contribution in [3.05, 3.63) is 134 Å². The van der Waals surface area contributed by atoms with Crippen LogP contribution in [0.3, 0.4) is 0 Å². The fraction of sp³-hybridized carbons (Fsp3) is 0.482. The second kappa shape index (κ2) is 22.3. The van der Waals surface area contributed by atoms with Gasteiger partial charge in [-0.15, -0.1) is 0 Å². The maximum Gasteiger partial charge on any atom is 0.0470 e. The summed E-state index contributed by atoms with van der Waals surface area (Å²) in [5.74, 6) is 0. The minimum atomic E-state index is -0.176. The Morgan fingerprint density at radius 2 is 1.37 bits per heavy atom. The maximum atomic E-state index is 7.60. The first-order valence-electron chi connectivity index (χ1n) is 23.8. The van der Waals surface area contributed by atoms with Crippen LogP contribution in [-0.4, -0.2) is 18.8 Å². The number of rotatable bonds is 21. The third kappa shape index (κ3) is 9.73. The zero-order chi connectivity index (χ0) is 42.5. The summed E-state index contributed by atoms with van der Waals surface area (Å²) in [5, 5.41) is 6.40. The molecule has 320 valence electrons. The van der Waals surface area contributed by atoms with Gasteiger partial charge in [0, 0.05) is 49.6 Å². The molecule has 4 aromatic rings.